The zero-order valence-electron chi connectivity index (χ0n) is 19.3. The molecule has 1 saturated heterocycles. The van der Waals surface area contributed by atoms with Crippen molar-refractivity contribution in [2.75, 3.05) is 19.9 Å². The number of H-pyrrole nitrogens is 1. The molecule has 1 aromatic carbocycles. The molecule has 14 heteroatoms. The number of carbonyl (C=O) groups excluding carboxylic acids is 1. The highest BCUT2D eigenvalue weighted by molar-refractivity contribution is 9.10. The zero-order chi connectivity index (χ0) is 25.4. The van der Waals surface area contributed by atoms with Crippen LogP contribution in [0.4, 0.5) is 4.79 Å². The Balaban J connectivity index is 1.29. The fourth-order valence-corrected chi connectivity index (χ4v) is 5.74. The Labute approximate surface area is 218 Å². The second-order valence-corrected chi connectivity index (χ2v) is 10.5. The number of carboxylic acid groups (broad SMARTS) is 1. The Kier molecular flexibility index (Phi) is 6.79. The number of aromatic nitrogens is 4. The molecule has 0 bridgehead atoms. The number of hydrogen-bond donors (Lipinski definition) is 4. The van der Waals surface area contributed by atoms with Gasteiger partial charge in [0.2, 0.25) is 12.7 Å². The van der Waals surface area contributed by atoms with E-state index < -0.39 is 12.1 Å². The first-order valence-electron chi connectivity index (χ1n) is 11.3. The molecular formula is C22H24BrN7O5S. The lowest BCUT2D eigenvalue weighted by molar-refractivity contribution is -0.134. The van der Waals surface area contributed by atoms with Crippen LogP contribution in [0.1, 0.15) is 19.8 Å². The second-order valence-electron chi connectivity index (χ2n) is 8.66. The summed E-state index contributed by atoms with van der Waals surface area (Å²) in [6, 6.07) is 2.98. The van der Waals surface area contributed by atoms with Gasteiger partial charge in [-0.2, -0.15) is 0 Å². The highest BCUT2D eigenvalue weighted by atomic mass is 79.9. The molecule has 0 radical (unpaired) electrons. The number of amides is 2. The average molecular weight is 578 g/mol. The van der Waals surface area contributed by atoms with Gasteiger partial charge in [0.1, 0.15) is 11.6 Å². The number of carbonyl (C=O) groups is 2. The molecule has 2 aliphatic heterocycles. The van der Waals surface area contributed by atoms with E-state index in [-0.39, 0.29) is 18.2 Å². The van der Waals surface area contributed by atoms with E-state index >= 15 is 0 Å². The molecule has 2 amide bonds. The number of imidazole rings is 1. The van der Waals surface area contributed by atoms with Gasteiger partial charge in [0.25, 0.3) is 0 Å². The largest absolute Gasteiger partial charge is 0.465 e. The molecule has 0 aliphatic carbocycles. The minimum absolute atomic E-state index is 0.116. The normalized spacial score (nSPS) is 16.3. The molecule has 1 atom stereocenters. The van der Waals surface area contributed by atoms with Crippen LogP contribution in [0.15, 0.2) is 33.0 Å². The molecule has 1 fully saturated rings. The number of nitrogens with zero attached hydrogens (tertiary/aromatic N) is 4. The number of aromatic amines is 1. The molecule has 0 unspecified atom stereocenters. The third-order valence-electron chi connectivity index (χ3n) is 6.22. The van der Waals surface area contributed by atoms with Crippen molar-refractivity contribution in [1.29, 1.82) is 5.41 Å². The van der Waals surface area contributed by atoms with Gasteiger partial charge in [-0.25, -0.2) is 14.8 Å². The number of benzene rings is 1. The van der Waals surface area contributed by atoms with Gasteiger partial charge in [-0.05, 0) is 53.7 Å². The Bertz CT molecular complexity index is 1390. The van der Waals surface area contributed by atoms with Crippen molar-refractivity contribution in [3.05, 3.63) is 28.4 Å². The van der Waals surface area contributed by atoms with Gasteiger partial charge in [0.15, 0.2) is 27.8 Å². The van der Waals surface area contributed by atoms with Crippen molar-refractivity contribution in [2.24, 2.45) is 5.92 Å². The summed E-state index contributed by atoms with van der Waals surface area (Å²) < 4.78 is 13.7. The SMILES string of the molecule is C[C@@H](NC(=O)O)C(=O)N1CCC(Cn2cnc(=N)c3[nH]c(Sc4cc5c(cc4Br)OCO5)nc32)CC1. The van der Waals surface area contributed by atoms with E-state index in [9.17, 15) is 9.59 Å². The first-order valence-corrected chi connectivity index (χ1v) is 12.9. The van der Waals surface area contributed by atoms with Crippen molar-refractivity contribution in [2.45, 2.75) is 42.4 Å². The zero-order valence-corrected chi connectivity index (χ0v) is 21.7. The van der Waals surface area contributed by atoms with Gasteiger partial charge in [-0.15, -0.1) is 0 Å². The van der Waals surface area contributed by atoms with E-state index in [0.717, 1.165) is 22.2 Å². The maximum Gasteiger partial charge on any atom is 0.405 e. The smallest absolute Gasteiger partial charge is 0.405 e. The van der Waals surface area contributed by atoms with E-state index in [1.54, 1.807) is 18.2 Å². The van der Waals surface area contributed by atoms with Crippen LogP contribution in [-0.2, 0) is 11.3 Å². The van der Waals surface area contributed by atoms with E-state index in [4.69, 9.17) is 25.0 Å². The van der Waals surface area contributed by atoms with Crippen molar-refractivity contribution in [1.82, 2.24) is 29.7 Å². The number of hydrogen-bond acceptors (Lipinski definition) is 8. The Morgan fingerprint density at radius 3 is 2.78 bits per heavy atom. The average Bonchev–Trinajstić information content (AvgIpc) is 3.48. The molecule has 190 valence electrons. The van der Waals surface area contributed by atoms with Crippen LogP contribution in [0.25, 0.3) is 11.2 Å². The standard InChI is InChI=1S/C22H24BrN7O5S/c1-11(26-22(32)33)20(31)29-4-2-12(3-5-29)8-30-9-25-18(24)17-19(30)28-21(27-17)36-16-7-15-14(6-13(16)23)34-10-35-15/h6-7,9,11-12,24,26H,2-5,8,10H2,1H3,(H,27,28)(H,32,33)/t11-/m1/s1. The van der Waals surface area contributed by atoms with Gasteiger partial charge in [0.05, 0.1) is 6.33 Å². The summed E-state index contributed by atoms with van der Waals surface area (Å²) in [6.45, 7) is 3.51. The summed E-state index contributed by atoms with van der Waals surface area (Å²) >= 11 is 4.98. The minimum Gasteiger partial charge on any atom is -0.465 e. The number of nitrogens with one attached hydrogen (secondary N) is 3. The van der Waals surface area contributed by atoms with Crippen LogP contribution in [0, 0.1) is 11.3 Å². The first kappa shape index (κ1) is 24.4. The van der Waals surface area contributed by atoms with Crippen LogP contribution in [0.5, 0.6) is 11.5 Å². The van der Waals surface area contributed by atoms with Crippen molar-refractivity contribution >= 4 is 50.9 Å². The molecule has 3 aromatic rings. The molecule has 4 heterocycles. The number of likely N-dealkylation sites (tertiary alicyclic amines) is 1. The summed E-state index contributed by atoms with van der Waals surface area (Å²) in [6.07, 6.45) is 1.98. The predicted molar refractivity (Wildman–Crippen MR) is 132 cm³/mol. The number of halogens is 1. The Morgan fingerprint density at radius 1 is 1.33 bits per heavy atom. The van der Waals surface area contributed by atoms with Crippen LogP contribution in [0.3, 0.4) is 0 Å². The minimum atomic E-state index is -1.21. The monoisotopic (exact) mass is 577 g/mol. The number of fused-ring (bicyclic) bond motifs is 2. The topological polar surface area (TPSA) is 158 Å². The van der Waals surface area contributed by atoms with E-state index in [0.29, 0.717) is 53.4 Å². The van der Waals surface area contributed by atoms with Gasteiger partial charge >= 0.3 is 6.09 Å². The second kappa shape index (κ2) is 10.0. The fraction of sp³-hybridized carbons (Fsp3) is 0.409. The molecule has 2 aliphatic rings. The lowest BCUT2D eigenvalue weighted by Crippen LogP contribution is -2.49. The van der Waals surface area contributed by atoms with E-state index in [1.807, 2.05) is 16.7 Å². The number of ether oxygens (including phenoxy) is 2. The Hall–Kier alpha value is -3.26. The van der Waals surface area contributed by atoms with Crippen LogP contribution in [-0.4, -0.2) is 67.5 Å². The summed E-state index contributed by atoms with van der Waals surface area (Å²) in [5.74, 6) is 1.44. The molecule has 12 nitrogen and oxygen atoms in total. The highest BCUT2D eigenvalue weighted by Gasteiger charge is 2.27. The first-order chi connectivity index (χ1) is 17.3. The molecule has 2 aromatic heterocycles. The van der Waals surface area contributed by atoms with Gasteiger partial charge in [-0.3, -0.25) is 10.2 Å². The molecule has 5 rings (SSSR count). The molecular weight excluding hydrogens is 554 g/mol. The van der Waals surface area contributed by atoms with Gasteiger partial charge in [-0.1, -0.05) is 11.8 Å². The lowest BCUT2D eigenvalue weighted by Gasteiger charge is -2.33. The van der Waals surface area contributed by atoms with Crippen molar-refractivity contribution in [3.63, 3.8) is 0 Å². The van der Waals surface area contributed by atoms with Crippen molar-refractivity contribution in [3.8, 4) is 11.5 Å². The van der Waals surface area contributed by atoms with E-state index in [2.05, 4.69) is 31.2 Å². The quantitative estimate of drug-likeness (QED) is 0.348. The van der Waals surface area contributed by atoms with Crippen LogP contribution < -0.4 is 20.3 Å². The fourth-order valence-electron chi connectivity index (χ4n) is 4.36. The maximum atomic E-state index is 12.5. The summed E-state index contributed by atoms with van der Waals surface area (Å²) in [5.41, 5.74) is 1.32. The molecule has 0 spiro atoms. The molecule has 36 heavy (non-hydrogen) atoms. The van der Waals surface area contributed by atoms with Crippen molar-refractivity contribution < 1.29 is 24.2 Å². The number of piperidine rings is 1. The predicted octanol–water partition coefficient (Wildman–Crippen LogP) is 2.78. The summed E-state index contributed by atoms with van der Waals surface area (Å²) in [4.78, 5) is 38.1. The van der Waals surface area contributed by atoms with Crippen LogP contribution >= 0.6 is 27.7 Å². The molecule has 0 saturated carbocycles. The van der Waals surface area contributed by atoms with Gasteiger partial charge in [0, 0.05) is 29.0 Å². The third kappa shape index (κ3) is 5.00. The van der Waals surface area contributed by atoms with Crippen LogP contribution in [0.2, 0.25) is 0 Å². The molecule has 4 N–H and O–H groups in total. The summed E-state index contributed by atoms with van der Waals surface area (Å²) in [5, 5.41) is 19.9. The summed E-state index contributed by atoms with van der Waals surface area (Å²) in [7, 11) is 0. The van der Waals surface area contributed by atoms with E-state index in [1.165, 1.54) is 11.8 Å². The third-order valence-corrected chi connectivity index (χ3v) is 8.09. The lowest BCUT2D eigenvalue weighted by atomic mass is 9.96. The maximum absolute atomic E-state index is 12.5. The Morgan fingerprint density at radius 2 is 2.06 bits per heavy atom. The number of rotatable bonds is 6. The van der Waals surface area contributed by atoms with Gasteiger partial charge < -0.3 is 34.3 Å². The highest BCUT2D eigenvalue weighted by Crippen LogP contribution is 2.42.